The zero-order chi connectivity index (χ0) is 10.2. The lowest BCUT2D eigenvalue weighted by Gasteiger charge is -1.95. The molecule has 1 rings (SSSR count). The fourth-order valence-electron chi connectivity index (χ4n) is 0.856. The van der Waals surface area contributed by atoms with Gasteiger partial charge in [0.15, 0.2) is 0 Å². The molecule has 0 amide bonds. The van der Waals surface area contributed by atoms with Crippen LogP contribution in [-0.2, 0) is 9.05 Å². The molecule has 0 saturated heterocycles. The summed E-state index contributed by atoms with van der Waals surface area (Å²) in [5, 5.41) is 10.1. The van der Waals surface area contributed by atoms with Crippen molar-refractivity contribution in [3.8, 4) is 0 Å². The van der Waals surface area contributed by atoms with E-state index < -0.39 is 15.0 Å². The van der Waals surface area contributed by atoms with Gasteiger partial charge in [0.2, 0.25) is 0 Å². The van der Waals surface area contributed by atoms with Gasteiger partial charge in [0, 0.05) is 10.7 Å². The molecule has 0 aliphatic rings. The van der Waals surface area contributed by atoms with Gasteiger partial charge < -0.3 is 5.11 Å². The quantitative estimate of drug-likeness (QED) is 0.799. The number of carbonyl (C=O) groups is 1. The fraction of sp³-hybridized carbons (Fsp3) is 0.167. The number of thiophene rings is 1. The van der Waals surface area contributed by atoms with Crippen LogP contribution in [0.5, 0.6) is 0 Å². The molecule has 0 spiro atoms. The minimum atomic E-state index is -3.95. The molecule has 1 heterocycles. The summed E-state index contributed by atoms with van der Waals surface area (Å²) >= 11 is 0.811. The Hall–Kier alpha value is -0.590. The molecular formula is C6H5ClO4S2. The van der Waals surface area contributed by atoms with Crippen molar-refractivity contribution in [1.82, 2.24) is 0 Å². The van der Waals surface area contributed by atoms with Crippen molar-refractivity contribution in [3.05, 3.63) is 16.5 Å². The first-order chi connectivity index (χ1) is 5.84. The average Bonchev–Trinajstić information content (AvgIpc) is 2.28. The third-order valence-corrected chi connectivity index (χ3v) is 4.60. The van der Waals surface area contributed by atoms with E-state index in [1.807, 2.05) is 0 Å². The summed E-state index contributed by atoms with van der Waals surface area (Å²) in [5.41, 5.74) is 0.164. The van der Waals surface area contributed by atoms with Gasteiger partial charge in [0.25, 0.3) is 9.05 Å². The van der Waals surface area contributed by atoms with Gasteiger partial charge in [-0.15, -0.1) is 11.3 Å². The summed E-state index contributed by atoms with van der Waals surface area (Å²) in [5.74, 6) is -1.28. The van der Waals surface area contributed by atoms with Crippen molar-refractivity contribution in [2.24, 2.45) is 0 Å². The van der Waals surface area contributed by atoms with Crippen LogP contribution in [0.3, 0.4) is 0 Å². The zero-order valence-electron chi connectivity index (χ0n) is 6.44. The lowest BCUT2D eigenvalue weighted by Crippen LogP contribution is -2.02. The van der Waals surface area contributed by atoms with E-state index in [1.165, 1.54) is 12.3 Å². The number of rotatable bonds is 2. The van der Waals surface area contributed by atoms with Crippen LogP contribution in [0.1, 0.15) is 15.9 Å². The third-order valence-electron chi connectivity index (χ3n) is 1.38. The van der Waals surface area contributed by atoms with Gasteiger partial charge in [-0.05, 0) is 17.9 Å². The molecule has 72 valence electrons. The predicted molar refractivity (Wildman–Crippen MR) is 49.1 cm³/mol. The van der Waals surface area contributed by atoms with Crippen LogP contribution in [0.25, 0.3) is 0 Å². The summed E-state index contributed by atoms with van der Waals surface area (Å²) in [7, 11) is 1.09. The standard InChI is InChI=1S/C6H5ClO4S2/c1-3-2-12-6(13(7,10)11)4(3)5(8)9/h2H,1H3,(H,8,9). The van der Waals surface area contributed by atoms with Crippen LogP contribution in [0.4, 0.5) is 0 Å². The summed E-state index contributed by atoms with van der Waals surface area (Å²) in [4.78, 5) is 10.6. The van der Waals surface area contributed by atoms with Gasteiger partial charge in [-0.1, -0.05) is 0 Å². The van der Waals surface area contributed by atoms with E-state index in [4.69, 9.17) is 15.8 Å². The van der Waals surface area contributed by atoms with E-state index in [1.54, 1.807) is 0 Å². The number of halogens is 1. The van der Waals surface area contributed by atoms with Gasteiger partial charge in [0.05, 0.1) is 5.56 Å². The van der Waals surface area contributed by atoms with Gasteiger partial charge in [0.1, 0.15) is 4.21 Å². The Morgan fingerprint density at radius 1 is 1.62 bits per heavy atom. The highest BCUT2D eigenvalue weighted by Gasteiger charge is 2.24. The van der Waals surface area contributed by atoms with Gasteiger partial charge in [-0.3, -0.25) is 0 Å². The topological polar surface area (TPSA) is 71.4 Å². The average molecular weight is 241 g/mol. The molecule has 13 heavy (non-hydrogen) atoms. The van der Waals surface area contributed by atoms with E-state index >= 15 is 0 Å². The molecule has 0 atom stereocenters. The lowest BCUT2D eigenvalue weighted by molar-refractivity contribution is 0.0693. The van der Waals surface area contributed by atoms with E-state index in [2.05, 4.69) is 0 Å². The Balaban J connectivity index is 3.49. The van der Waals surface area contributed by atoms with Crippen LogP contribution in [0, 0.1) is 6.92 Å². The van der Waals surface area contributed by atoms with Crippen LogP contribution in [-0.4, -0.2) is 19.5 Å². The maximum Gasteiger partial charge on any atom is 0.338 e. The Bertz CT molecular complexity index is 445. The Kier molecular flexibility index (Phi) is 2.65. The van der Waals surface area contributed by atoms with Gasteiger partial charge in [-0.25, -0.2) is 13.2 Å². The van der Waals surface area contributed by atoms with E-state index in [-0.39, 0.29) is 9.77 Å². The van der Waals surface area contributed by atoms with Crippen molar-refractivity contribution in [1.29, 1.82) is 0 Å². The van der Waals surface area contributed by atoms with Crippen molar-refractivity contribution in [3.63, 3.8) is 0 Å². The third kappa shape index (κ3) is 2.01. The molecule has 0 aliphatic heterocycles. The number of aryl methyl sites for hydroxylation is 1. The fourth-order valence-corrected chi connectivity index (χ4v) is 3.28. The van der Waals surface area contributed by atoms with Crippen LogP contribution >= 0.6 is 22.0 Å². The number of carboxylic acid groups (broad SMARTS) is 1. The highest BCUT2D eigenvalue weighted by atomic mass is 35.7. The van der Waals surface area contributed by atoms with Crippen molar-refractivity contribution >= 4 is 37.0 Å². The maximum absolute atomic E-state index is 10.9. The molecule has 4 nitrogen and oxygen atoms in total. The van der Waals surface area contributed by atoms with Crippen LogP contribution < -0.4 is 0 Å². The van der Waals surface area contributed by atoms with Crippen molar-refractivity contribution in [2.45, 2.75) is 11.1 Å². The monoisotopic (exact) mass is 240 g/mol. The first-order valence-electron chi connectivity index (χ1n) is 3.10. The molecule has 0 saturated carbocycles. The molecule has 1 aromatic heterocycles. The highest BCUT2D eigenvalue weighted by molar-refractivity contribution is 8.15. The summed E-state index contributed by atoms with van der Waals surface area (Å²) < 4.78 is 21.5. The molecule has 1 N–H and O–H groups in total. The van der Waals surface area contributed by atoms with E-state index in [9.17, 15) is 13.2 Å². The van der Waals surface area contributed by atoms with Crippen LogP contribution in [0.2, 0.25) is 0 Å². The summed E-state index contributed by atoms with van der Waals surface area (Å²) in [6.07, 6.45) is 0. The molecule has 0 bridgehead atoms. The normalized spacial score (nSPS) is 11.5. The van der Waals surface area contributed by atoms with Crippen molar-refractivity contribution in [2.75, 3.05) is 0 Å². The molecule has 0 radical (unpaired) electrons. The Morgan fingerprint density at radius 2 is 2.15 bits per heavy atom. The minimum Gasteiger partial charge on any atom is -0.478 e. The Morgan fingerprint density at radius 3 is 2.46 bits per heavy atom. The van der Waals surface area contributed by atoms with Crippen LogP contribution in [0.15, 0.2) is 9.59 Å². The molecule has 0 fully saturated rings. The summed E-state index contributed by atoms with van der Waals surface area (Å²) in [6.45, 7) is 1.52. The molecule has 7 heteroatoms. The highest BCUT2D eigenvalue weighted by Crippen LogP contribution is 2.29. The molecule has 0 aliphatic carbocycles. The first-order valence-corrected chi connectivity index (χ1v) is 6.29. The van der Waals surface area contributed by atoms with Gasteiger partial charge >= 0.3 is 5.97 Å². The first kappa shape index (κ1) is 10.5. The second-order valence-electron chi connectivity index (χ2n) is 2.32. The SMILES string of the molecule is Cc1csc(S(=O)(=O)Cl)c1C(=O)O. The van der Waals surface area contributed by atoms with E-state index in [0.717, 1.165) is 11.3 Å². The lowest BCUT2D eigenvalue weighted by atomic mass is 10.2. The molecule has 0 aromatic carbocycles. The number of carboxylic acids is 1. The second-order valence-corrected chi connectivity index (χ2v) is 5.97. The summed E-state index contributed by atoms with van der Waals surface area (Å²) in [6, 6.07) is 0. The molecule has 1 aromatic rings. The second kappa shape index (κ2) is 3.28. The number of hydrogen-bond acceptors (Lipinski definition) is 4. The smallest absolute Gasteiger partial charge is 0.338 e. The largest absolute Gasteiger partial charge is 0.478 e. The molecular weight excluding hydrogens is 236 g/mol. The maximum atomic E-state index is 10.9. The van der Waals surface area contributed by atoms with Gasteiger partial charge in [-0.2, -0.15) is 0 Å². The molecule has 0 unspecified atom stereocenters. The Labute approximate surface area is 83.2 Å². The predicted octanol–water partition coefficient (Wildman–Crippen LogP) is 1.68. The zero-order valence-corrected chi connectivity index (χ0v) is 8.83. The number of hydrogen-bond donors (Lipinski definition) is 1. The van der Waals surface area contributed by atoms with E-state index in [0.29, 0.717) is 5.56 Å². The van der Waals surface area contributed by atoms with Crippen molar-refractivity contribution < 1.29 is 18.3 Å². The minimum absolute atomic E-state index is 0.236. The number of aromatic carboxylic acids is 1.